The average molecular weight is 194 g/mol. The van der Waals surface area contributed by atoms with Crippen LogP contribution in [0.15, 0.2) is 34.3 Å². The van der Waals surface area contributed by atoms with Crippen molar-refractivity contribution in [2.24, 2.45) is 0 Å². The molecule has 66 valence electrons. The van der Waals surface area contributed by atoms with E-state index in [1.807, 2.05) is 6.07 Å². The smallest absolute Gasteiger partial charge is 0.211 e. The number of aromatic nitrogens is 4. The number of benzene rings is 1. The van der Waals surface area contributed by atoms with Gasteiger partial charge in [-0.05, 0) is 34.3 Å². The normalized spacial score (nSPS) is 10.2. The van der Waals surface area contributed by atoms with Gasteiger partial charge in [-0.3, -0.25) is 0 Å². The van der Waals surface area contributed by atoms with Crippen molar-refractivity contribution in [3.63, 3.8) is 0 Å². The van der Waals surface area contributed by atoms with Gasteiger partial charge in [-0.25, -0.2) is 5.10 Å². The summed E-state index contributed by atoms with van der Waals surface area (Å²) in [5.41, 5.74) is 0. The summed E-state index contributed by atoms with van der Waals surface area (Å²) in [6, 6.07) is 7.01. The zero-order valence-electron chi connectivity index (χ0n) is 6.51. The highest BCUT2D eigenvalue weighted by Crippen LogP contribution is 2.30. The van der Waals surface area contributed by atoms with E-state index in [9.17, 15) is 5.11 Å². The van der Waals surface area contributed by atoms with Crippen LogP contribution in [0, 0.1) is 0 Å². The van der Waals surface area contributed by atoms with Crippen LogP contribution in [0.4, 0.5) is 0 Å². The van der Waals surface area contributed by atoms with Gasteiger partial charge in [0.2, 0.25) is 5.16 Å². The van der Waals surface area contributed by atoms with Crippen molar-refractivity contribution >= 4 is 11.8 Å². The fourth-order valence-electron chi connectivity index (χ4n) is 0.841. The van der Waals surface area contributed by atoms with Gasteiger partial charge in [0, 0.05) is 0 Å². The first-order valence-corrected chi connectivity index (χ1v) is 4.37. The monoisotopic (exact) mass is 194 g/mol. The number of hydrogen-bond donors (Lipinski definition) is 2. The molecule has 0 bridgehead atoms. The lowest BCUT2D eigenvalue weighted by molar-refractivity contribution is 0.462. The quantitative estimate of drug-likeness (QED) is 0.747. The number of H-pyrrole nitrogens is 1. The molecule has 1 aromatic carbocycles. The maximum Gasteiger partial charge on any atom is 0.211 e. The van der Waals surface area contributed by atoms with Crippen LogP contribution < -0.4 is 0 Å². The van der Waals surface area contributed by atoms with Gasteiger partial charge in [0.15, 0.2) is 0 Å². The molecule has 6 heteroatoms. The molecule has 5 nitrogen and oxygen atoms in total. The Balaban J connectivity index is 2.24. The molecule has 2 N–H and O–H groups in total. The number of tetrazole rings is 1. The first-order valence-electron chi connectivity index (χ1n) is 3.56. The highest BCUT2D eigenvalue weighted by molar-refractivity contribution is 7.99. The van der Waals surface area contributed by atoms with Gasteiger partial charge in [-0.2, -0.15) is 0 Å². The molecule has 0 saturated heterocycles. The standard InChI is InChI=1S/C7H6N4OS/c12-5-3-1-2-4-6(5)13-7-8-10-11-9-7/h1-4,12H,(H,8,9,10,11). The van der Waals surface area contributed by atoms with Crippen LogP contribution >= 0.6 is 11.8 Å². The van der Waals surface area contributed by atoms with E-state index in [1.165, 1.54) is 11.8 Å². The summed E-state index contributed by atoms with van der Waals surface area (Å²) < 4.78 is 0. The van der Waals surface area contributed by atoms with E-state index < -0.39 is 0 Å². The Hall–Kier alpha value is -1.56. The molecule has 0 radical (unpaired) electrons. The molecule has 0 aliphatic carbocycles. The Bertz CT molecular complexity index is 389. The third kappa shape index (κ3) is 1.78. The minimum absolute atomic E-state index is 0.226. The largest absolute Gasteiger partial charge is 0.507 e. The molecule has 0 amide bonds. The van der Waals surface area contributed by atoms with Gasteiger partial charge in [-0.15, -0.1) is 5.10 Å². The lowest BCUT2D eigenvalue weighted by atomic mass is 10.3. The summed E-state index contributed by atoms with van der Waals surface area (Å²) in [6.45, 7) is 0. The van der Waals surface area contributed by atoms with Gasteiger partial charge >= 0.3 is 0 Å². The Morgan fingerprint density at radius 2 is 2.15 bits per heavy atom. The molecule has 1 heterocycles. The summed E-state index contributed by atoms with van der Waals surface area (Å²) in [4.78, 5) is 0.723. The predicted molar refractivity (Wildman–Crippen MR) is 46.4 cm³/mol. The second-order valence-corrected chi connectivity index (χ2v) is 3.31. The third-order valence-corrected chi connectivity index (χ3v) is 2.33. The molecule has 0 saturated carbocycles. The van der Waals surface area contributed by atoms with Crippen molar-refractivity contribution in [3.05, 3.63) is 24.3 Å². The number of aromatic amines is 1. The molecule has 0 atom stereocenters. The van der Waals surface area contributed by atoms with E-state index >= 15 is 0 Å². The second-order valence-electron chi connectivity index (χ2n) is 2.28. The highest BCUT2D eigenvalue weighted by Gasteiger charge is 2.04. The third-order valence-electron chi connectivity index (χ3n) is 1.40. The lowest BCUT2D eigenvalue weighted by Gasteiger charge is -1.98. The highest BCUT2D eigenvalue weighted by atomic mass is 32.2. The topological polar surface area (TPSA) is 74.7 Å². The maximum absolute atomic E-state index is 9.41. The van der Waals surface area contributed by atoms with E-state index in [0.717, 1.165) is 4.90 Å². The minimum Gasteiger partial charge on any atom is -0.507 e. The maximum atomic E-state index is 9.41. The molecule has 0 spiro atoms. The second kappa shape index (κ2) is 3.44. The molecule has 13 heavy (non-hydrogen) atoms. The zero-order chi connectivity index (χ0) is 9.10. The van der Waals surface area contributed by atoms with E-state index in [0.29, 0.717) is 5.16 Å². The van der Waals surface area contributed by atoms with Gasteiger partial charge in [0.05, 0.1) is 4.90 Å². The summed E-state index contributed by atoms with van der Waals surface area (Å²) in [6.07, 6.45) is 0. The van der Waals surface area contributed by atoms with Crippen LogP contribution in [-0.4, -0.2) is 25.7 Å². The van der Waals surface area contributed by atoms with Crippen molar-refractivity contribution in [2.75, 3.05) is 0 Å². The molecular formula is C7H6N4OS. The predicted octanol–water partition coefficient (Wildman–Crippen LogP) is 1.06. The molecule has 0 aliphatic rings. The fourth-order valence-corrected chi connectivity index (χ4v) is 1.53. The van der Waals surface area contributed by atoms with Crippen molar-refractivity contribution in [2.45, 2.75) is 10.1 Å². The first kappa shape index (κ1) is 8.06. The van der Waals surface area contributed by atoms with Gasteiger partial charge in [0.1, 0.15) is 5.75 Å². The molecule has 0 fully saturated rings. The molecule has 2 aromatic rings. The van der Waals surface area contributed by atoms with Crippen LogP contribution in [0.3, 0.4) is 0 Å². The van der Waals surface area contributed by atoms with Gasteiger partial charge in [0.25, 0.3) is 0 Å². The van der Waals surface area contributed by atoms with Crippen LogP contribution in [0.5, 0.6) is 5.75 Å². The van der Waals surface area contributed by atoms with Crippen LogP contribution in [0.25, 0.3) is 0 Å². The summed E-state index contributed by atoms with van der Waals surface area (Å²) >= 11 is 1.28. The number of nitrogens with one attached hydrogen (secondary N) is 1. The van der Waals surface area contributed by atoms with Crippen molar-refractivity contribution in [1.29, 1.82) is 0 Å². The number of rotatable bonds is 2. The molecular weight excluding hydrogens is 188 g/mol. The summed E-state index contributed by atoms with van der Waals surface area (Å²) in [7, 11) is 0. The van der Waals surface area contributed by atoms with E-state index in [1.54, 1.807) is 18.2 Å². The van der Waals surface area contributed by atoms with Crippen LogP contribution in [0.1, 0.15) is 0 Å². The van der Waals surface area contributed by atoms with Crippen LogP contribution in [0.2, 0.25) is 0 Å². The Morgan fingerprint density at radius 3 is 2.85 bits per heavy atom. The number of phenols is 1. The minimum atomic E-state index is 0.226. The molecule has 0 aliphatic heterocycles. The summed E-state index contributed by atoms with van der Waals surface area (Å²) in [5, 5.41) is 23.1. The SMILES string of the molecule is Oc1ccccc1Sc1nnn[nH]1. The van der Waals surface area contributed by atoms with Crippen molar-refractivity contribution in [3.8, 4) is 5.75 Å². The fraction of sp³-hybridized carbons (Fsp3) is 0. The number of hydrogen-bond acceptors (Lipinski definition) is 5. The zero-order valence-corrected chi connectivity index (χ0v) is 7.32. The summed E-state index contributed by atoms with van der Waals surface area (Å²) in [5.74, 6) is 0.226. The Kier molecular flexibility index (Phi) is 2.13. The number of aromatic hydroxyl groups is 1. The van der Waals surface area contributed by atoms with E-state index in [2.05, 4.69) is 20.6 Å². The number of para-hydroxylation sites is 1. The molecule has 0 unspecified atom stereocenters. The number of phenolic OH excluding ortho intramolecular Hbond substituents is 1. The first-order chi connectivity index (χ1) is 6.36. The average Bonchev–Trinajstić information content (AvgIpc) is 2.61. The van der Waals surface area contributed by atoms with Gasteiger partial charge in [-0.1, -0.05) is 12.1 Å². The number of nitrogens with zero attached hydrogens (tertiary/aromatic N) is 3. The Labute approximate surface area is 78.2 Å². The van der Waals surface area contributed by atoms with Crippen molar-refractivity contribution in [1.82, 2.24) is 20.6 Å². The Morgan fingerprint density at radius 1 is 1.31 bits per heavy atom. The van der Waals surface area contributed by atoms with Gasteiger partial charge < -0.3 is 5.11 Å². The lowest BCUT2D eigenvalue weighted by Crippen LogP contribution is -1.77. The van der Waals surface area contributed by atoms with Crippen molar-refractivity contribution < 1.29 is 5.11 Å². The van der Waals surface area contributed by atoms with Crippen LogP contribution in [-0.2, 0) is 0 Å². The molecule has 2 rings (SSSR count). The van der Waals surface area contributed by atoms with E-state index in [4.69, 9.17) is 0 Å². The van der Waals surface area contributed by atoms with E-state index in [-0.39, 0.29) is 5.75 Å². The molecule has 1 aromatic heterocycles.